The van der Waals surface area contributed by atoms with Gasteiger partial charge in [0, 0.05) is 18.2 Å². The lowest BCUT2D eigenvalue weighted by Gasteiger charge is -2.43. The summed E-state index contributed by atoms with van der Waals surface area (Å²) >= 11 is 0. The molecular formula is C12H16FNO. The highest BCUT2D eigenvalue weighted by Crippen LogP contribution is 2.31. The van der Waals surface area contributed by atoms with E-state index < -0.39 is 5.60 Å². The number of benzene rings is 1. The van der Waals surface area contributed by atoms with Crippen molar-refractivity contribution in [3.63, 3.8) is 0 Å². The van der Waals surface area contributed by atoms with E-state index in [1.165, 1.54) is 6.07 Å². The lowest BCUT2D eigenvalue weighted by Crippen LogP contribution is -2.56. The van der Waals surface area contributed by atoms with Crippen LogP contribution >= 0.6 is 0 Å². The van der Waals surface area contributed by atoms with Gasteiger partial charge in [-0.15, -0.1) is 0 Å². The maximum Gasteiger partial charge on any atom is 0.127 e. The molecular weight excluding hydrogens is 193 g/mol. The van der Waals surface area contributed by atoms with Crippen molar-refractivity contribution in [1.29, 1.82) is 0 Å². The zero-order chi connectivity index (χ0) is 10.9. The molecule has 0 saturated heterocycles. The van der Waals surface area contributed by atoms with Crippen LogP contribution in [0.1, 0.15) is 25.3 Å². The molecule has 3 heteroatoms. The van der Waals surface area contributed by atoms with Crippen molar-refractivity contribution >= 4 is 0 Å². The first-order chi connectivity index (χ1) is 7.09. The molecule has 1 aliphatic carbocycles. The van der Waals surface area contributed by atoms with E-state index >= 15 is 0 Å². The summed E-state index contributed by atoms with van der Waals surface area (Å²) in [6, 6.07) is 6.81. The minimum Gasteiger partial charge on any atom is -0.389 e. The Hall–Kier alpha value is -0.930. The SMILES string of the molecule is C[C@]1(O)CC[C@@H]1NCc1ccccc1F. The van der Waals surface area contributed by atoms with Crippen molar-refractivity contribution in [2.24, 2.45) is 0 Å². The van der Waals surface area contributed by atoms with Gasteiger partial charge in [0.2, 0.25) is 0 Å². The van der Waals surface area contributed by atoms with Crippen LogP contribution in [0.25, 0.3) is 0 Å². The van der Waals surface area contributed by atoms with Gasteiger partial charge >= 0.3 is 0 Å². The Balaban J connectivity index is 1.91. The van der Waals surface area contributed by atoms with Gasteiger partial charge in [0.25, 0.3) is 0 Å². The molecule has 0 bridgehead atoms. The van der Waals surface area contributed by atoms with Crippen LogP contribution in [0.5, 0.6) is 0 Å². The second kappa shape index (κ2) is 3.91. The minimum atomic E-state index is -0.620. The predicted octanol–water partition coefficient (Wildman–Crippen LogP) is 1.83. The fourth-order valence-electron chi connectivity index (χ4n) is 1.90. The first-order valence-corrected chi connectivity index (χ1v) is 5.29. The molecule has 1 aromatic carbocycles. The van der Waals surface area contributed by atoms with Crippen molar-refractivity contribution in [2.75, 3.05) is 0 Å². The standard InChI is InChI=1S/C12H16FNO/c1-12(15)7-6-11(12)14-8-9-4-2-3-5-10(9)13/h2-5,11,14-15H,6-8H2,1H3/t11-,12-/m0/s1. The van der Waals surface area contributed by atoms with E-state index in [9.17, 15) is 9.50 Å². The Bertz CT molecular complexity index is 351. The lowest BCUT2D eigenvalue weighted by molar-refractivity contribution is -0.0524. The summed E-state index contributed by atoms with van der Waals surface area (Å²) in [5.74, 6) is -0.191. The van der Waals surface area contributed by atoms with Crippen LogP contribution in [-0.2, 0) is 6.54 Å². The van der Waals surface area contributed by atoms with E-state index in [1.807, 2.05) is 13.0 Å². The highest BCUT2D eigenvalue weighted by molar-refractivity contribution is 5.17. The molecule has 1 fully saturated rings. The molecule has 0 unspecified atom stereocenters. The van der Waals surface area contributed by atoms with Gasteiger partial charge in [0.15, 0.2) is 0 Å². The third-order valence-electron chi connectivity index (χ3n) is 3.19. The molecule has 2 N–H and O–H groups in total. The number of nitrogens with one attached hydrogen (secondary N) is 1. The molecule has 2 rings (SSSR count). The van der Waals surface area contributed by atoms with Gasteiger partial charge < -0.3 is 10.4 Å². The van der Waals surface area contributed by atoms with Gasteiger partial charge in [-0.3, -0.25) is 0 Å². The molecule has 0 radical (unpaired) electrons. The molecule has 0 spiro atoms. The second-order valence-electron chi connectivity index (χ2n) is 4.42. The minimum absolute atomic E-state index is 0.0945. The topological polar surface area (TPSA) is 32.3 Å². The molecule has 15 heavy (non-hydrogen) atoms. The molecule has 1 aromatic rings. The number of aliphatic hydroxyl groups is 1. The Morgan fingerprint density at radius 3 is 2.80 bits per heavy atom. The normalized spacial score (nSPS) is 29.9. The summed E-state index contributed by atoms with van der Waals surface area (Å²) in [4.78, 5) is 0. The van der Waals surface area contributed by atoms with Gasteiger partial charge in [0.1, 0.15) is 5.82 Å². The third-order valence-corrected chi connectivity index (χ3v) is 3.19. The Kier molecular flexibility index (Phi) is 2.76. The number of hydrogen-bond donors (Lipinski definition) is 2. The smallest absolute Gasteiger partial charge is 0.127 e. The molecule has 2 nitrogen and oxygen atoms in total. The third kappa shape index (κ3) is 2.19. The van der Waals surface area contributed by atoms with E-state index in [4.69, 9.17) is 0 Å². The number of hydrogen-bond acceptors (Lipinski definition) is 2. The highest BCUT2D eigenvalue weighted by atomic mass is 19.1. The van der Waals surface area contributed by atoms with Gasteiger partial charge in [-0.2, -0.15) is 0 Å². The van der Waals surface area contributed by atoms with Crippen molar-refractivity contribution in [3.8, 4) is 0 Å². The van der Waals surface area contributed by atoms with E-state index in [0.29, 0.717) is 12.1 Å². The number of rotatable bonds is 3. The average Bonchev–Trinajstić information content (AvgIpc) is 2.19. The summed E-state index contributed by atoms with van der Waals surface area (Å²) in [6.45, 7) is 2.29. The summed E-state index contributed by atoms with van der Waals surface area (Å²) in [6.07, 6.45) is 1.78. The molecule has 1 saturated carbocycles. The van der Waals surface area contributed by atoms with E-state index in [-0.39, 0.29) is 11.9 Å². The maximum atomic E-state index is 13.3. The fraction of sp³-hybridized carbons (Fsp3) is 0.500. The second-order valence-corrected chi connectivity index (χ2v) is 4.42. The quantitative estimate of drug-likeness (QED) is 0.796. The van der Waals surface area contributed by atoms with Crippen molar-refractivity contribution < 1.29 is 9.50 Å². The predicted molar refractivity (Wildman–Crippen MR) is 56.9 cm³/mol. The van der Waals surface area contributed by atoms with Crippen molar-refractivity contribution in [1.82, 2.24) is 5.32 Å². The van der Waals surface area contributed by atoms with Crippen LogP contribution in [0, 0.1) is 5.82 Å². The Morgan fingerprint density at radius 2 is 2.27 bits per heavy atom. The highest BCUT2D eigenvalue weighted by Gasteiger charge is 2.40. The first kappa shape index (κ1) is 10.6. The van der Waals surface area contributed by atoms with Gasteiger partial charge in [-0.1, -0.05) is 18.2 Å². The van der Waals surface area contributed by atoms with Crippen LogP contribution in [-0.4, -0.2) is 16.7 Å². The number of halogens is 1. The van der Waals surface area contributed by atoms with Crippen molar-refractivity contribution in [2.45, 2.75) is 38.0 Å². The lowest BCUT2D eigenvalue weighted by atomic mass is 9.76. The molecule has 0 aromatic heterocycles. The van der Waals surface area contributed by atoms with E-state index in [0.717, 1.165) is 12.8 Å². The molecule has 2 atom stereocenters. The van der Waals surface area contributed by atoms with Gasteiger partial charge in [0.05, 0.1) is 5.60 Å². The molecule has 82 valence electrons. The molecule has 0 heterocycles. The Morgan fingerprint density at radius 1 is 1.53 bits per heavy atom. The van der Waals surface area contributed by atoms with Crippen LogP contribution in [0.3, 0.4) is 0 Å². The summed E-state index contributed by atoms with van der Waals surface area (Å²) in [5, 5.41) is 12.9. The van der Waals surface area contributed by atoms with E-state index in [1.54, 1.807) is 12.1 Å². The zero-order valence-corrected chi connectivity index (χ0v) is 8.83. The first-order valence-electron chi connectivity index (χ1n) is 5.29. The van der Waals surface area contributed by atoms with Gasteiger partial charge in [-0.25, -0.2) is 4.39 Å². The average molecular weight is 209 g/mol. The summed E-state index contributed by atoms with van der Waals surface area (Å²) < 4.78 is 13.3. The van der Waals surface area contributed by atoms with Crippen LogP contribution in [0.2, 0.25) is 0 Å². The molecule has 0 aliphatic heterocycles. The monoisotopic (exact) mass is 209 g/mol. The fourth-order valence-corrected chi connectivity index (χ4v) is 1.90. The Labute approximate surface area is 89.1 Å². The summed E-state index contributed by atoms with van der Waals surface area (Å²) in [5.41, 5.74) is 0.0332. The zero-order valence-electron chi connectivity index (χ0n) is 8.83. The molecule has 0 amide bonds. The van der Waals surface area contributed by atoms with Crippen LogP contribution < -0.4 is 5.32 Å². The van der Waals surface area contributed by atoms with Crippen LogP contribution in [0.15, 0.2) is 24.3 Å². The van der Waals surface area contributed by atoms with Crippen molar-refractivity contribution in [3.05, 3.63) is 35.6 Å². The van der Waals surface area contributed by atoms with E-state index in [2.05, 4.69) is 5.32 Å². The maximum absolute atomic E-state index is 13.3. The molecule has 1 aliphatic rings. The van der Waals surface area contributed by atoms with Crippen LogP contribution in [0.4, 0.5) is 4.39 Å². The summed E-state index contributed by atoms with van der Waals surface area (Å²) in [7, 11) is 0. The van der Waals surface area contributed by atoms with Gasteiger partial charge in [-0.05, 0) is 25.8 Å². The largest absolute Gasteiger partial charge is 0.389 e.